The zero-order valence-electron chi connectivity index (χ0n) is 6.84. The standard InChI is InChI=1S/C8H15NO2/c1-6(8(10)11)7-3-2-4-9-5-7/h6-7,9H,2-5H2,1H3,(H,10,11)/t6-,7+/m0/s1. The number of hydrogen-bond donors (Lipinski definition) is 2. The van der Waals surface area contributed by atoms with Gasteiger partial charge in [-0.05, 0) is 31.8 Å². The van der Waals surface area contributed by atoms with E-state index in [1.807, 2.05) is 0 Å². The highest BCUT2D eigenvalue weighted by Crippen LogP contribution is 2.19. The molecule has 2 atom stereocenters. The van der Waals surface area contributed by atoms with E-state index < -0.39 is 5.97 Å². The van der Waals surface area contributed by atoms with Crippen molar-refractivity contribution in [3.63, 3.8) is 0 Å². The maximum Gasteiger partial charge on any atom is 0.306 e. The highest BCUT2D eigenvalue weighted by Gasteiger charge is 2.24. The second kappa shape index (κ2) is 3.72. The van der Waals surface area contributed by atoms with Gasteiger partial charge in [0.25, 0.3) is 0 Å². The van der Waals surface area contributed by atoms with E-state index in [1.54, 1.807) is 6.92 Å². The van der Waals surface area contributed by atoms with Gasteiger partial charge in [0.15, 0.2) is 0 Å². The van der Waals surface area contributed by atoms with Gasteiger partial charge >= 0.3 is 5.97 Å². The van der Waals surface area contributed by atoms with Gasteiger partial charge in [-0.1, -0.05) is 6.92 Å². The van der Waals surface area contributed by atoms with Crippen LogP contribution in [-0.4, -0.2) is 24.2 Å². The summed E-state index contributed by atoms with van der Waals surface area (Å²) >= 11 is 0. The second-order valence-electron chi connectivity index (χ2n) is 3.23. The zero-order chi connectivity index (χ0) is 8.27. The van der Waals surface area contributed by atoms with Crippen LogP contribution < -0.4 is 5.32 Å². The molecule has 0 aromatic rings. The number of hydrogen-bond acceptors (Lipinski definition) is 2. The quantitative estimate of drug-likeness (QED) is 0.620. The molecule has 3 heteroatoms. The van der Waals surface area contributed by atoms with E-state index >= 15 is 0 Å². The van der Waals surface area contributed by atoms with Crippen molar-refractivity contribution in [1.82, 2.24) is 5.32 Å². The first-order valence-electron chi connectivity index (χ1n) is 4.15. The molecular formula is C8H15NO2. The van der Waals surface area contributed by atoms with Crippen molar-refractivity contribution < 1.29 is 9.90 Å². The van der Waals surface area contributed by atoms with Gasteiger partial charge in [0.05, 0.1) is 5.92 Å². The van der Waals surface area contributed by atoms with Crippen LogP contribution in [0.5, 0.6) is 0 Å². The van der Waals surface area contributed by atoms with E-state index in [0.29, 0.717) is 5.92 Å². The minimum atomic E-state index is -0.668. The van der Waals surface area contributed by atoms with E-state index in [9.17, 15) is 4.79 Å². The molecule has 3 nitrogen and oxygen atoms in total. The molecule has 1 fully saturated rings. The molecule has 0 saturated carbocycles. The normalized spacial score (nSPS) is 27.9. The Bertz CT molecular complexity index is 141. The van der Waals surface area contributed by atoms with Crippen LogP contribution in [0.3, 0.4) is 0 Å². The third kappa shape index (κ3) is 2.19. The number of carboxylic acids is 1. The van der Waals surface area contributed by atoms with E-state index in [0.717, 1.165) is 25.9 Å². The van der Waals surface area contributed by atoms with Gasteiger partial charge in [0.2, 0.25) is 0 Å². The van der Waals surface area contributed by atoms with Crippen molar-refractivity contribution in [2.24, 2.45) is 11.8 Å². The summed E-state index contributed by atoms with van der Waals surface area (Å²) in [6.45, 7) is 3.70. The Balaban J connectivity index is 2.38. The Hall–Kier alpha value is -0.570. The molecule has 1 aliphatic heterocycles. The third-order valence-corrected chi connectivity index (χ3v) is 2.43. The Morgan fingerprint density at radius 2 is 2.45 bits per heavy atom. The lowest BCUT2D eigenvalue weighted by Crippen LogP contribution is -2.35. The molecule has 0 radical (unpaired) electrons. The molecule has 0 bridgehead atoms. The molecule has 11 heavy (non-hydrogen) atoms. The molecule has 0 aromatic carbocycles. The molecule has 0 unspecified atom stereocenters. The summed E-state index contributed by atoms with van der Waals surface area (Å²) in [5.41, 5.74) is 0. The summed E-state index contributed by atoms with van der Waals surface area (Å²) in [5, 5.41) is 11.9. The van der Waals surface area contributed by atoms with Crippen molar-refractivity contribution in [3.05, 3.63) is 0 Å². The van der Waals surface area contributed by atoms with Crippen LogP contribution in [0, 0.1) is 11.8 Å². The summed E-state index contributed by atoms with van der Waals surface area (Å²) in [7, 11) is 0. The van der Waals surface area contributed by atoms with Gasteiger partial charge in [0.1, 0.15) is 0 Å². The van der Waals surface area contributed by atoms with E-state index in [1.165, 1.54) is 0 Å². The van der Waals surface area contributed by atoms with E-state index in [4.69, 9.17) is 5.11 Å². The lowest BCUT2D eigenvalue weighted by atomic mass is 9.88. The molecule has 2 N–H and O–H groups in total. The monoisotopic (exact) mass is 157 g/mol. The average molecular weight is 157 g/mol. The Kier molecular flexibility index (Phi) is 2.88. The van der Waals surface area contributed by atoms with Gasteiger partial charge < -0.3 is 10.4 Å². The molecule has 1 saturated heterocycles. The highest BCUT2D eigenvalue weighted by atomic mass is 16.4. The molecule has 64 valence electrons. The number of carboxylic acid groups (broad SMARTS) is 1. The van der Waals surface area contributed by atoms with Crippen LogP contribution in [0.2, 0.25) is 0 Å². The summed E-state index contributed by atoms with van der Waals surface area (Å²) in [5.74, 6) is -0.525. The third-order valence-electron chi connectivity index (χ3n) is 2.43. The molecule has 1 heterocycles. The van der Waals surface area contributed by atoms with Gasteiger partial charge in [0, 0.05) is 0 Å². The average Bonchev–Trinajstić information content (AvgIpc) is 2.05. The number of piperidine rings is 1. The largest absolute Gasteiger partial charge is 0.481 e. The highest BCUT2D eigenvalue weighted by molar-refractivity contribution is 5.69. The summed E-state index contributed by atoms with van der Waals surface area (Å²) in [4.78, 5) is 10.6. The number of aliphatic carboxylic acids is 1. The van der Waals surface area contributed by atoms with Crippen LogP contribution in [0.15, 0.2) is 0 Å². The lowest BCUT2D eigenvalue weighted by Gasteiger charge is -2.25. The van der Waals surface area contributed by atoms with Crippen molar-refractivity contribution in [2.45, 2.75) is 19.8 Å². The molecule has 1 rings (SSSR count). The number of rotatable bonds is 2. The topological polar surface area (TPSA) is 49.3 Å². The molecule has 0 amide bonds. The molecular weight excluding hydrogens is 142 g/mol. The van der Waals surface area contributed by atoms with Crippen molar-refractivity contribution in [2.75, 3.05) is 13.1 Å². The zero-order valence-corrected chi connectivity index (χ0v) is 6.84. The number of nitrogens with one attached hydrogen (secondary N) is 1. The van der Waals surface area contributed by atoms with Crippen LogP contribution in [0.25, 0.3) is 0 Å². The predicted octanol–water partition coefficient (Wildman–Crippen LogP) is 0.707. The fourth-order valence-electron chi connectivity index (χ4n) is 1.51. The molecule has 0 spiro atoms. The van der Waals surface area contributed by atoms with Gasteiger partial charge in [-0.25, -0.2) is 0 Å². The Labute approximate surface area is 66.8 Å². The lowest BCUT2D eigenvalue weighted by molar-refractivity contribution is -0.143. The number of carbonyl (C=O) groups is 1. The van der Waals surface area contributed by atoms with Gasteiger partial charge in [-0.15, -0.1) is 0 Å². The maximum atomic E-state index is 10.6. The van der Waals surface area contributed by atoms with E-state index in [-0.39, 0.29) is 5.92 Å². The van der Waals surface area contributed by atoms with Crippen molar-refractivity contribution in [1.29, 1.82) is 0 Å². The summed E-state index contributed by atoms with van der Waals surface area (Å²) in [6, 6.07) is 0. The van der Waals surface area contributed by atoms with Crippen molar-refractivity contribution >= 4 is 5.97 Å². The molecule has 1 aliphatic rings. The van der Waals surface area contributed by atoms with E-state index in [2.05, 4.69) is 5.32 Å². The summed E-state index contributed by atoms with van der Waals surface area (Å²) in [6.07, 6.45) is 2.17. The first-order chi connectivity index (χ1) is 5.22. The Morgan fingerprint density at radius 3 is 2.91 bits per heavy atom. The predicted molar refractivity (Wildman–Crippen MR) is 42.4 cm³/mol. The first-order valence-corrected chi connectivity index (χ1v) is 4.15. The fourth-order valence-corrected chi connectivity index (χ4v) is 1.51. The van der Waals surface area contributed by atoms with Crippen molar-refractivity contribution in [3.8, 4) is 0 Å². The summed E-state index contributed by atoms with van der Waals surface area (Å²) < 4.78 is 0. The van der Waals surface area contributed by atoms with Crippen LogP contribution in [0.4, 0.5) is 0 Å². The fraction of sp³-hybridized carbons (Fsp3) is 0.875. The smallest absolute Gasteiger partial charge is 0.306 e. The minimum Gasteiger partial charge on any atom is -0.481 e. The van der Waals surface area contributed by atoms with Crippen LogP contribution >= 0.6 is 0 Å². The van der Waals surface area contributed by atoms with Gasteiger partial charge in [-0.2, -0.15) is 0 Å². The van der Waals surface area contributed by atoms with Crippen LogP contribution in [-0.2, 0) is 4.79 Å². The molecule has 0 aromatic heterocycles. The molecule has 0 aliphatic carbocycles. The van der Waals surface area contributed by atoms with Crippen LogP contribution in [0.1, 0.15) is 19.8 Å². The Morgan fingerprint density at radius 1 is 1.73 bits per heavy atom. The maximum absolute atomic E-state index is 10.6. The minimum absolute atomic E-state index is 0.192. The first kappa shape index (κ1) is 8.53. The SMILES string of the molecule is C[C@H](C(=O)O)[C@@H]1CCCNC1. The van der Waals surface area contributed by atoms with Gasteiger partial charge in [-0.3, -0.25) is 4.79 Å². The second-order valence-corrected chi connectivity index (χ2v) is 3.23.